The molecule has 1 aliphatic heterocycles. The Bertz CT molecular complexity index is 962. The second kappa shape index (κ2) is 3.91. The van der Waals surface area contributed by atoms with Crippen LogP contribution < -0.4 is 5.32 Å². The zero-order valence-corrected chi connectivity index (χ0v) is 12.5. The zero-order chi connectivity index (χ0) is 14.9. The number of rotatable bonds is 1. The fourth-order valence-electron chi connectivity index (χ4n) is 3.92. The molecule has 108 valence electrons. The highest BCUT2D eigenvalue weighted by atomic mass is 15.1. The van der Waals surface area contributed by atoms with Crippen LogP contribution in [-0.4, -0.2) is 16.0 Å². The molecule has 3 nitrogen and oxygen atoms in total. The van der Waals surface area contributed by atoms with E-state index in [1.807, 2.05) is 6.07 Å². The van der Waals surface area contributed by atoms with Crippen molar-refractivity contribution in [3.05, 3.63) is 41.7 Å². The van der Waals surface area contributed by atoms with Gasteiger partial charge in [-0.2, -0.15) is 0 Å². The molecule has 0 bridgehead atoms. The first-order chi connectivity index (χ1) is 10.7. The number of terminal acetylenes is 1. The van der Waals surface area contributed by atoms with Gasteiger partial charge in [-0.1, -0.05) is 25.0 Å². The minimum Gasteiger partial charge on any atom is -0.340 e. The number of imidazole rings is 1. The summed E-state index contributed by atoms with van der Waals surface area (Å²) in [6.07, 6.45) is 7.98. The predicted molar refractivity (Wildman–Crippen MR) is 88.5 cm³/mol. The van der Waals surface area contributed by atoms with Gasteiger partial charge in [-0.05, 0) is 41.8 Å². The van der Waals surface area contributed by atoms with Gasteiger partial charge in [-0.3, -0.25) is 0 Å². The Hall–Kier alpha value is -2.31. The van der Waals surface area contributed by atoms with Crippen LogP contribution in [0.4, 0.5) is 0 Å². The first-order valence-electron chi connectivity index (χ1n) is 7.81. The molecule has 2 N–H and O–H groups in total. The van der Waals surface area contributed by atoms with Crippen molar-refractivity contribution < 1.29 is 0 Å². The van der Waals surface area contributed by atoms with E-state index < -0.39 is 0 Å². The molecule has 1 unspecified atom stereocenters. The van der Waals surface area contributed by atoms with Crippen LogP contribution in [0.25, 0.3) is 21.8 Å². The third kappa shape index (κ3) is 1.59. The maximum Gasteiger partial charge on any atom is 0.124 e. The largest absolute Gasteiger partial charge is 0.340 e. The van der Waals surface area contributed by atoms with Crippen molar-refractivity contribution in [3.8, 4) is 12.3 Å². The Labute approximate surface area is 129 Å². The van der Waals surface area contributed by atoms with E-state index in [1.54, 1.807) is 0 Å². The first-order valence-corrected chi connectivity index (χ1v) is 7.81. The minimum absolute atomic E-state index is 0.358. The molecule has 22 heavy (non-hydrogen) atoms. The van der Waals surface area contributed by atoms with Gasteiger partial charge in [0, 0.05) is 17.0 Å². The molecule has 0 amide bonds. The lowest BCUT2D eigenvalue weighted by atomic mass is 10.0. The SMILES string of the molecule is C#Cc1ccc2c(ccc3nc([C@@H]4C[C@@]5(C)CC5N4)[nH]c32)c1. The summed E-state index contributed by atoms with van der Waals surface area (Å²) < 4.78 is 0. The number of fused-ring (bicyclic) bond motifs is 4. The van der Waals surface area contributed by atoms with Gasteiger partial charge in [0.1, 0.15) is 5.82 Å². The topological polar surface area (TPSA) is 40.7 Å². The molecule has 3 aromatic rings. The van der Waals surface area contributed by atoms with Crippen molar-refractivity contribution >= 4 is 21.8 Å². The van der Waals surface area contributed by atoms with Gasteiger partial charge in [-0.25, -0.2) is 4.98 Å². The van der Waals surface area contributed by atoms with Gasteiger partial charge < -0.3 is 10.3 Å². The van der Waals surface area contributed by atoms with Gasteiger partial charge >= 0.3 is 0 Å². The van der Waals surface area contributed by atoms with Crippen molar-refractivity contribution in [1.29, 1.82) is 0 Å². The maximum absolute atomic E-state index is 5.49. The molecule has 1 aromatic heterocycles. The molecular formula is C19H17N3. The van der Waals surface area contributed by atoms with Crippen molar-refractivity contribution in [1.82, 2.24) is 15.3 Å². The smallest absolute Gasteiger partial charge is 0.124 e. The minimum atomic E-state index is 0.358. The first kappa shape index (κ1) is 12.3. The van der Waals surface area contributed by atoms with Crippen molar-refractivity contribution in [2.45, 2.75) is 31.8 Å². The van der Waals surface area contributed by atoms with Crippen LogP contribution in [0.3, 0.4) is 0 Å². The average Bonchev–Trinajstić information content (AvgIpc) is 2.91. The van der Waals surface area contributed by atoms with Gasteiger partial charge in [0.25, 0.3) is 0 Å². The number of H-pyrrole nitrogens is 1. The highest BCUT2D eigenvalue weighted by molar-refractivity contribution is 6.04. The summed E-state index contributed by atoms with van der Waals surface area (Å²) in [4.78, 5) is 8.37. The maximum atomic E-state index is 5.49. The highest BCUT2D eigenvalue weighted by Crippen LogP contribution is 2.57. The van der Waals surface area contributed by atoms with Crippen LogP contribution in [0.1, 0.15) is 37.2 Å². The molecule has 3 atom stereocenters. The molecule has 5 rings (SSSR count). The fraction of sp³-hybridized carbons (Fsp3) is 0.316. The summed E-state index contributed by atoms with van der Waals surface area (Å²) in [5, 5.41) is 6.04. The van der Waals surface area contributed by atoms with Crippen LogP contribution in [0.5, 0.6) is 0 Å². The molecule has 3 heteroatoms. The second-order valence-corrected chi connectivity index (χ2v) is 7.00. The summed E-state index contributed by atoms with van der Waals surface area (Å²) in [5.74, 6) is 3.76. The molecule has 1 saturated heterocycles. The Morgan fingerprint density at radius 1 is 1.27 bits per heavy atom. The number of aromatic nitrogens is 2. The number of piperidine rings is 1. The summed E-state index contributed by atoms with van der Waals surface area (Å²) in [6, 6.07) is 11.4. The Kier molecular flexibility index (Phi) is 2.18. The molecule has 2 heterocycles. The molecule has 2 aliphatic rings. The van der Waals surface area contributed by atoms with Gasteiger partial charge in [0.15, 0.2) is 0 Å². The summed E-state index contributed by atoms with van der Waals surface area (Å²) >= 11 is 0. The number of nitrogens with one attached hydrogen (secondary N) is 2. The van der Waals surface area contributed by atoms with E-state index in [0.717, 1.165) is 27.8 Å². The third-order valence-corrected chi connectivity index (χ3v) is 5.41. The van der Waals surface area contributed by atoms with Gasteiger partial charge in [0.2, 0.25) is 0 Å². The second-order valence-electron chi connectivity index (χ2n) is 7.00. The van der Waals surface area contributed by atoms with Crippen LogP contribution in [0, 0.1) is 17.8 Å². The number of hydrogen-bond donors (Lipinski definition) is 2. The molecule has 2 aromatic carbocycles. The Balaban J connectivity index is 1.64. The molecule has 0 spiro atoms. The van der Waals surface area contributed by atoms with E-state index in [1.165, 1.54) is 18.2 Å². The van der Waals surface area contributed by atoms with Gasteiger partial charge in [0.05, 0.1) is 17.1 Å². The van der Waals surface area contributed by atoms with Crippen LogP contribution >= 0.6 is 0 Å². The fourth-order valence-corrected chi connectivity index (χ4v) is 3.92. The van der Waals surface area contributed by atoms with Crippen LogP contribution in [-0.2, 0) is 0 Å². The van der Waals surface area contributed by atoms with E-state index in [9.17, 15) is 0 Å². The monoisotopic (exact) mass is 287 g/mol. The molecular weight excluding hydrogens is 270 g/mol. The summed E-state index contributed by atoms with van der Waals surface area (Å²) in [7, 11) is 0. The highest BCUT2D eigenvalue weighted by Gasteiger charge is 2.57. The van der Waals surface area contributed by atoms with E-state index in [-0.39, 0.29) is 0 Å². The van der Waals surface area contributed by atoms with Crippen molar-refractivity contribution in [2.75, 3.05) is 0 Å². The van der Waals surface area contributed by atoms with E-state index in [2.05, 4.69) is 47.4 Å². The standard InChI is InChI=1S/C19H17N3/c1-3-11-4-6-13-12(8-11)5-7-14-17(13)22-18(21-14)15-9-19(2)10-16(19)20-15/h1,4-8,15-16,20H,9-10H2,2H3,(H,21,22)/t15-,16?,19-/m0/s1. The zero-order valence-electron chi connectivity index (χ0n) is 12.5. The third-order valence-electron chi connectivity index (χ3n) is 5.41. The average molecular weight is 287 g/mol. The number of aromatic amines is 1. The van der Waals surface area contributed by atoms with Crippen LogP contribution in [0.15, 0.2) is 30.3 Å². The quantitative estimate of drug-likeness (QED) is 0.672. The molecule has 1 aliphatic carbocycles. The molecule has 0 radical (unpaired) electrons. The lowest BCUT2D eigenvalue weighted by molar-refractivity contribution is 0.489. The van der Waals surface area contributed by atoms with Gasteiger partial charge in [-0.15, -0.1) is 6.42 Å². The number of nitrogens with zero attached hydrogens (tertiary/aromatic N) is 1. The van der Waals surface area contributed by atoms with Crippen molar-refractivity contribution in [2.24, 2.45) is 5.41 Å². The van der Waals surface area contributed by atoms with Crippen molar-refractivity contribution in [3.63, 3.8) is 0 Å². The van der Waals surface area contributed by atoms with Crippen LogP contribution in [0.2, 0.25) is 0 Å². The summed E-state index contributed by atoms with van der Waals surface area (Å²) in [6.45, 7) is 2.37. The lowest BCUT2D eigenvalue weighted by Gasteiger charge is -2.10. The Morgan fingerprint density at radius 3 is 2.95 bits per heavy atom. The lowest BCUT2D eigenvalue weighted by Crippen LogP contribution is -2.18. The normalized spacial score (nSPS) is 29.6. The molecule has 1 saturated carbocycles. The predicted octanol–water partition coefficient (Wildman–Crippen LogP) is 3.51. The molecule has 2 fully saturated rings. The summed E-state index contributed by atoms with van der Waals surface area (Å²) in [5.41, 5.74) is 3.55. The van der Waals surface area contributed by atoms with E-state index in [4.69, 9.17) is 11.4 Å². The number of hydrogen-bond acceptors (Lipinski definition) is 2. The Morgan fingerprint density at radius 2 is 2.18 bits per heavy atom. The number of benzene rings is 2. The van der Waals surface area contributed by atoms with E-state index >= 15 is 0 Å². The van der Waals surface area contributed by atoms with E-state index in [0.29, 0.717) is 17.5 Å².